The third kappa shape index (κ3) is 8.25. The highest BCUT2D eigenvalue weighted by Crippen LogP contribution is 2.62. The lowest BCUT2D eigenvalue weighted by molar-refractivity contribution is -0.255. The van der Waals surface area contributed by atoms with Gasteiger partial charge in [-0.25, -0.2) is 9.59 Å². The molecule has 4 heterocycles. The summed E-state index contributed by atoms with van der Waals surface area (Å²) >= 11 is 0. The van der Waals surface area contributed by atoms with Gasteiger partial charge in [0.25, 0.3) is 0 Å². The Bertz CT molecular complexity index is 1540. The molecule has 0 amide bonds. The summed E-state index contributed by atoms with van der Waals surface area (Å²) < 4.78 is 18.9. The first-order chi connectivity index (χ1) is 26.9. The number of hydrogen-bond acceptors (Lipinski definition) is 8. The first-order valence-electron chi connectivity index (χ1n) is 22.8. The second-order valence-corrected chi connectivity index (χ2v) is 20.5. The highest BCUT2D eigenvalue weighted by molar-refractivity contribution is 5.92. The Morgan fingerprint density at radius 1 is 0.667 bits per heavy atom. The lowest BCUT2D eigenvalue weighted by Crippen LogP contribution is -2.62. The molecule has 0 aromatic heterocycles. The zero-order valence-electron chi connectivity index (χ0n) is 36.3. The molecule has 0 aromatic rings. The molecule has 2 N–H and O–H groups in total. The van der Waals surface area contributed by atoms with E-state index in [1.54, 1.807) is 6.08 Å². The van der Waals surface area contributed by atoms with Gasteiger partial charge in [-0.1, -0.05) is 92.2 Å². The van der Waals surface area contributed by atoms with Crippen molar-refractivity contribution in [1.29, 1.82) is 0 Å². The summed E-state index contributed by atoms with van der Waals surface area (Å²) in [6.45, 7) is 16.7. The van der Waals surface area contributed by atoms with Crippen LogP contribution in [-0.4, -0.2) is 68.3 Å². The van der Waals surface area contributed by atoms with E-state index in [-0.39, 0.29) is 59.1 Å². The van der Waals surface area contributed by atoms with E-state index >= 15 is 0 Å². The Hall–Kier alpha value is -2.36. The van der Waals surface area contributed by atoms with Crippen molar-refractivity contribution >= 4 is 23.5 Å². The molecular weight excluding hydrogens is 721 g/mol. The smallest absolute Gasteiger partial charge is 0.330 e. The third-order valence-corrected chi connectivity index (χ3v) is 16.5. The Labute approximate surface area is 342 Å². The highest BCUT2D eigenvalue weighted by Gasteiger charge is 2.72. The molecule has 0 radical (unpaired) electrons. The predicted octanol–water partition coefficient (Wildman–Crippen LogP) is 9.23. The van der Waals surface area contributed by atoms with E-state index in [2.05, 4.69) is 41.5 Å². The number of hydrogen-bond donors (Lipinski definition) is 2. The van der Waals surface area contributed by atoms with Crippen LogP contribution in [0.4, 0.5) is 0 Å². The number of allylic oxidation sites excluding steroid dienone is 2. The summed E-state index contributed by atoms with van der Waals surface area (Å²) in [5.74, 6) is 2.38. The average Bonchev–Trinajstić information content (AvgIpc) is 3.90. The van der Waals surface area contributed by atoms with Crippen molar-refractivity contribution in [2.45, 2.75) is 193 Å². The molecule has 4 saturated heterocycles. The maximum atomic E-state index is 13.0. The normalized spacial score (nSPS) is 42.9. The van der Waals surface area contributed by atoms with E-state index in [4.69, 9.17) is 19.3 Å². The Kier molecular flexibility index (Phi) is 13.4. The topological polar surface area (TPSA) is 136 Å². The van der Waals surface area contributed by atoms with Crippen molar-refractivity contribution in [2.75, 3.05) is 0 Å². The standard InChI is InChI=1S/C24H36O4.C15H24O3.C9H14O2/c1-15(2)24-14-19(25)23(4,28-24)18-12-10-16(3)21(18)22(24)27-20(26)13-11-17-8-6-5-7-9-17;1-8(2)15-7-11(16)14(4,18-15)10-6-5-9(3)12(10)13(15)17;10-9(11)7-6-8-4-2-1-3-5-8/h11,13,15-18,21-22H,5-10,12,14H2,1-4H3;8-10,12-13,17H,5-7H2,1-4H3;6-8H,1-5H2,(H,10,11)/b13-11+;;7-6+. The van der Waals surface area contributed by atoms with Crippen molar-refractivity contribution in [3.8, 4) is 0 Å². The molecule has 9 nitrogen and oxygen atoms in total. The lowest BCUT2D eigenvalue weighted by Gasteiger charge is -2.52. The van der Waals surface area contributed by atoms with Gasteiger partial charge in [-0.3, -0.25) is 9.59 Å². The molecule has 4 aliphatic heterocycles. The van der Waals surface area contributed by atoms with E-state index in [1.807, 2.05) is 26.0 Å². The summed E-state index contributed by atoms with van der Waals surface area (Å²) in [7, 11) is 0. The first-order valence-corrected chi connectivity index (χ1v) is 22.8. The monoisotopic (exact) mass is 795 g/mol. The summed E-state index contributed by atoms with van der Waals surface area (Å²) in [6, 6.07) is 0. The zero-order chi connectivity index (χ0) is 41.5. The van der Waals surface area contributed by atoms with E-state index < -0.39 is 34.5 Å². The van der Waals surface area contributed by atoms with Gasteiger partial charge >= 0.3 is 11.9 Å². The zero-order valence-corrected chi connectivity index (χ0v) is 36.3. The molecule has 12 unspecified atom stereocenters. The van der Waals surface area contributed by atoms with Crippen molar-refractivity contribution in [3.05, 3.63) is 24.3 Å². The molecule has 4 saturated carbocycles. The summed E-state index contributed by atoms with van der Waals surface area (Å²) in [5.41, 5.74) is -2.66. The van der Waals surface area contributed by atoms with E-state index in [0.29, 0.717) is 36.5 Å². The molecule has 8 rings (SSSR count). The fraction of sp³-hybridized carbons (Fsp3) is 0.833. The van der Waals surface area contributed by atoms with Crippen molar-refractivity contribution in [3.63, 3.8) is 0 Å². The van der Waals surface area contributed by atoms with Gasteiger partial charge < -0.3 is 24.4 Å². The predicted molar refractivity (Wildman–Crippen MR) is 219 cm³/mol. The number of carboxylic acids is 1. The van der Waals surface area contributed by atoms with Crippen LogP contribution >= 0.6 is 0 Å². The van der Waals surface area contributed by atoms with Gasteiger partial charge in [0.2, 0.25) is 0 Å². The van der Waals surface area contributed by atoms with Gasteiger partial charge in [0.05, 0.1) is 6.10 Å². The minimum Gasteiger partial charge on any atom is -0.478 e. The van der Waals surface area contributed by atoms with Gasteiger partial charge in [0.1, 0.15) is 28.5 Å². The van der Waals surface area contributed by atoms with Gasteiger partial charge in [0, 0.05) is 42.7 Å². The van der Waals surface area contributed by atoms with Gasteiger partial charge in [-0.2, -0.15) is 0 Å². The van der Waals surface area contributed by atoms with Crippen LogP contribution < -0.4 is 0 Å². The second kappa shape index (κ2) is 17.3. The van der Waals surface area contributed by atoms with Crippen LogP contribution in [0.5, 0.6) is 0 Å². The number of carbonyl (C=O) groups is 4. The molecule has 0 spiro atoms. The Morgan fingerprint density at radius 3 is 1.60 bits per heavy atom. The molecule has 4 aliphatic carbocycles. The SMILES string of the molecule is CC1CCC2C1C(O)C1(C(C)C)CC(=O)C2(C)O1.CC1CCC2C1C(OC(=O)/C=C/C1CCCCC1)C1(C(C)C)CC(=O)C2(C)O1.O=C(O)/C=C/C1CCCCC1. The number of esters is 1. The number of ether oxygens (including phenoxy) is 3. The van der Waals surface area contributed by atoms with E-state index in [9.17, 15) is 24.3 Å². The number of carbonyl (C=O) groups excluding carboxylic acids is 3. The van der Waals surface area contributed by atoms with E-state index in [0.717, 1.165) is 25.7 Å². The maximum Gasteiger partial charge on any atom is 0.330 e. The van der Waals surface area contributed by atoms with Crippen molar-refractivity contribution < 1.29 is 43.6 Å². The quantitative estimate of drug-likeness (QED) is 0.191. The van der Waals surface area contributed by atoms with Crippen LogP contribution in [0.1, 0.15) is 158 Å². The molecule has 0 aromatic carbocycles. The number of aliphatic hydroxyl groups excluding tert-OH is 1. The molecule has 4 bridgehead atoms. The van der Waals surface area contributed by atoms with Gasteiger partial charge in [0.15, 0.2) is 11.6 Å². The first kappa shape index (κ1) is 44.2. The third-order valence-electron chi connectivity index (χ3n) is 16.5. The van der Waals surface area contributed by atoms with Crippen LogP contribution in [0, 0.1) is 59.2 Å². The number of carboxylic acid groups (broad SMARTS) is 1. The molecule has 8 fully saturated rings. The number of aliphatic carboxylic acids is 1. The van der Waals surface area contributed by atoms with Crippen LogP contribution in [0.25, 0.3) is 0 Å². The number of fused-ring (bicyclic) bond motifs is 8. The average molecular weight is 795 g/mol. The minimum atomic E-state index is -0.824. The van der Waals surface area contributed by atoms with E-state index in [1.165, 1.54) is 70.3 Å². The number of ketones is 2. The molecule has 320 valence electrons. The highest BCUT2D eigenvalue weighted by atomic mass is 16.6. The summed E-state index contributed by atoms with van der Waals surface area (Å²) in [4.78, 5) is 48.4. The fourth-order valence-electron chi connectivity index (χ4n) is 12.9. The largest absolute Gasteiger partial charge is 0.478 e. The van der Waals surface area contributed by atoms with Crippen molar-refractivity contribution in [1.82, 2.24) is 0 Å². The van der Waals surface area contributed by atoms with Crippen LogP contribution in [0.3, 0.4) is 0 Å². The summed E-state index contributed by atoms with van der Waals surface area (Å²) in [6.07, 6.45) is 23.2. The maximum absolute atomic E-state index is 13.0. The molecule has 8 aliphatic rings. The minimum absolute atomic E-state index is 0.118. The molecule has 12 atom stereocenters. The second-order valence-electron chi connectivity index (χ2n) is 20.5. The Morgan fingerprint density at radius 2 is 1.11 bits per heavy atom. The number of aliphatic hydroxyl groups is 1. The summed E-state index contributed by atoms with van der Waals surface area (Å²) in [5, 5.41) is 19.2. The number of rotatable bonds is 7. The van der Waals surface area contributed by atoms with Gasteiger partial charge in [-0.05, 0) is 107 Å². The van der Waals surface area contributed by atoms with Crippen LogP contribution in [0.2, 0.25) is 0 Å². The van der Waals surface area contributed by atoms with Crippen molar-refractivity contribution in [2.24, 2.45) is 59.2 Å². The van der Waals surface area contributed by atoms with Crippen LogP contribution in [0.15, 0.2) is 24.3 Å². The molecular formula is C48H74O9. The Balaban J connectivity index is 0.000000161. The lowest BCUT2D eigenvalue weighted by atomic mass is 9.69. The van der Waals surface area contributed by atoms with Crippen LogP contribution in [-0.2, 0) is 33.4 Å². The fourth-order valence-corrected chi connectivity index (χ4v) is 12.9. The molecule has 9 heteroatoms. The molecule has 57 heavy (non-hydrogen) atoms. The number of Topliss-reactive ketones (excluding diaryl/α,β-unsaturated/α-hetero) is 2. The van der Waals surface area contributed by atoms with Gasteiger partial charge in [-0.15, -0.1) is 0 Å².